The zero-order chi connectivity index (χ0) is 10.2. The van der Waals surface area contributed by atoms with Crippen LogP contribution < -0.4 is 0 Å². The van der Waals surface area contributed by atoms with Crippen molar-refractivity contribution in [3.63, 3.8) is 0 Å². The molecule has 0 spiro atoms. The first-order chi connectivity index (χ1) is 6.86. The van der Waals surface area contributed by atoms with Gasteiger partial charge in [0.05, 0.1) is 0 Å². The maximum Gasteiger partial charge on any atom is 0.226 e. The number of nitrogens with zero attached hydrogens (tertiary/aromatic N) is 2. The number of unbranched alkanes of at least 4 members (excludes halogenated alkanes) is 1. The highest BCUT2D eigenvalue weighted by atomic mass is 16.5. The summed E-state index contributed by atoms with van der Waals surface area (Å²) in [6.07, 6.45) is 2.36. The lowest BCUT2D eigenvalue weighted by molar-refractivity contribution is 0.126. The second kappa shape index (κ2) is 6.50. The molecular formula is C9H16N2O3. The van der Waals surface area contributed by atoms with Crippen LogP contribution in [0.4, 0.5) is 0 Å². The van der Waals surface area contributed by atoms with E-state index in [0.717, 1.165) is 19.3 Å². The predicted octanol–water partition coefficient (Wildman–Crippen LogP) is 0.921. The van der Waals surface area contributed by atoms with Crippen molar-refractivity contribution in [2.24, 2.45) is 0 Å². The third-order valence-electron chi connectivity index (χ3n) is 1.74. The molecule has 0 aliphatic carbocycles. The summed E-state index contributed by atoms with van der Waals surface area (Å²) in [5, 5.41) is 12.3. The largest absolute Gasteiger partial charge is 0.396 e. The molecule has 0 radical (unpaired) electrons. The van der Waals surface area contributed by atoms with Gasteiger partial charge < -0.3 is 14.4 Å². The van der Waals surface area contributed by atoms with E-state index < -0.39 is 0 Å². The first kappa shape index (κ1) is 11.1. The molecule has 1 aromatic heterocycles. The smallest absolute Gasteiger partial charge is 0.226 e. The van der Waals surface area contributed by atoms with Crippen molar-refractivity contribution in [2.45, 2.75) is 32.8 Å². The Bertz CT molecular complexity index is 250. The summed E-state index contributed by atoms with van der Waals surface area (Å²) < 4.78 is 10.1. The first-order valence-corrected chi connectivity index (χ1v) is 4.87. The fourth-order valence-corrected chi connectivity index (χ4v) is 1.03. The van der Waals surface area contributed by atoms with Gasteiger partial charge >= 0.3 is 0 Å². The molecule has 5 nitrogen and oxygen atoms in total. The Kier molecular flexibility index (Phi) is 5.17. The number of aliphatic hydroxyl groups is 1. The normalized spacial score (nSPS) is 10.7. The second-order valence-corrected chi connectivity index (χ2v) is 2.92. The minimum Gasteiger partial charge on any atom is -0.396 e. The Morgan fingerprint density at radius 1 is 1.43 bits per heavy atom. The van der Waals surface area contributed by atoms with Gasteiger partial charge in [-0.3, -0.25) is 0 Å². The van der Waals surface area contributed by atoms with Gasteiger partial charge in [-0.25, -0.2) is 0 Å². The van der Waals surface area contributed by atoms with Crippen LogP contribution in [-0.2, 0) is 17.8 Å². The van der Waals surface area contributed by atoms with Crippen LogP contribution in [0.1, 0.15) is 31.5 Å². The van der Waals surface area contributed by atoms with Crippen molar-refractivity contribution in [1.82, 2.24) is 10.1 Å². The molecule has 1 aromatic rings. The zero-order valence-electron chi connectivity index (χ0n) is 8.40. The Hall–Kier alpha value is -0.940. The van der Waals surface area contributed by atoms with E-state index in [1.165, 1.54) is 0 Å². The summed E-state index contributed by atoms with van der Waals surface area (Å²) in [5.74, 6) is 1.21. The lowest BCUT2D eigenvalue weighted by atomic mass is 10.2. The average Bonchev–Trinajstić information content (AvgIpc) is 2.63. The number of aryl methyl sites for hydroxylation is 1. The molecule has 0 fully saturated rings. The summed E-state index contributed by atoms with van der Waals surface area (Å²) >= 11 is 0. The summed E-state index contributed by atoms with van der Waals surface area (Å²) in [6.45, 7) is 3.18. The number of aromatic nitrogens is 2. The van der Waals surface area contributed by atoms with Crippen molar-refractivity contribution in [3.05, 3.63) is 11.7 Å². The van der Waals surface area contributed by atoms with E-state index in [-0.39, 0.29) is 6.61 Å². The van der Waals surface area contributed by atoms with Gasteiger partial charge in [-0.05, 0) is 19.8 Å². The molecular weight excluding hydrogens is 184 g/mol. The Morgan fingerprint density at radius 3 is 3.00 bits per heavy atom. The van der Waals surface area contributed by atoms with Gasteiger partial charge in [0.15, 0.2) is 5.82 Å². The van der Waals surface area contributed by atoms with Crippen LogP contribution in [-0.4, -0.2) is 28.5 Å². The van der Waals surface area contributed by atoms with Crippen LogP contribution >= 0.6 is 0 Å². The minimum absolute atomic E-state index is 0.208. The van der Waals surface area contributed by atoms with E-state index in [9.17, 15) is 0 Å². The molecule has 5 heteroatoms. The number of ether oxygens (including phenoxy) is 1. The minimum atomic E-state index is 0.208. The van der Waals surface area contributed by atoms with Crippen LogP contribution in [0.3, 0.4) is 0 Å². The quantitative estimate of drug-likeness (QED) is 0.663. The van der Waals surface area contributed by atoms with Crippen LogP contribution in [0.25, 0.3) is 0 Å². The first-order valence-electron chi connectivity index (χ1n) is 4.87. The molecule has 0 atom stereocenters. The highest BCUT2D eigenvalue weighted by Gasteiger charge is 2.05. The van der Waals surface area contributed by atoms with Gasteiger partial charge in [0.1, 0.15) is 6.61 Å². The van der Waals surface area contributed by atoms with Gasteiger partial charge in [0.2, 0.25) is 5.89 Å². The Labute approximate surface area is 83.1 Å². The van der Waals surface area contributed by atoms with Crippen molar-refractivity contribution < 1.29 is 14.4 Å². The molecule has 0 saturated carbocycles. The highest BCUT2D eigenvalue weighted by molar-refractivity contribution is 4.84. The fraction of sp³-hybridized carbons (Fsp3) is 0.778. The van der Waals surface area contributed by atoms with E-state index in [2.05, 4.69) is 10.1 Å². The Balaban J connectivity index is 2.27. The highest BCUT2D eigenvalue weighted by Crippen LogP contribution is 2.03. The predicted molar refractivity (Wildman–Crippen MR) is 49.7 cm³/mol. The molecule has 0 aliphatic rings. The number of hydrogen-bond acceptors (Lipinski definition) is 5. The van der Waals surface area contributed by atoms with E-state index in [0.29, 0.717) is 24.9 Å². The molecule has 0 saturated heterocycles. The summed E-state index contributed by atoms with van der Waals surface area (Å²) in [7, 11) is 0. The van der Waals surface area contributed by atoms with Gasteiger partial charge in [0, 0.05) is 19.6 Å². The average molecular weight is 200 g/mol. The van der Waals surface area contributed by atoms with Crippen LogP contribution in [0, 0.1) is 0 Å². The van der Waals surface area contributed by atoms with Crippen LogP contribution in [0.2, 0.25) is 0 Å². The van der Waals surface area contributed by atoms with E-state index in [1.54, 1.807) is 0 Å². The SMILES string of the molecule is CCOCc1noc(CCCCO)n1. The Morgan fingerprint density at radius 2 is 2.29 bits per heavy atom. The molecule has 1 N–H and O–H groups in total. The summed E-state index contributed by atoms with van der Waals surface area (Å²) in [5.41, 5.74) is 0. The zero-order valence-corrected chi connectivity index (χ0v) is 8.40. The number of hydrogen-bond donors (Lipinski definition) is 1. The summed E-state index contributed by atoms with van der Waals surface area (Å²) in [6, 6.07) is 0. The number of rotatable bonds is 7. The molecule has 0 aliphatic heterocycles. The van der Waals surface area contributed by atoms with Crippen molar-refractivity contribution in [3.8, 4) is 0 Å². The third kappa shape index (κ3) is 3.85. The third-order valence-corrected chi connectivity index (χ3v) is 1.74. The molecule has 0 aromatic carbocycles. The topological polar surface area (TPSA) is 68.4 Å². The van der Waals surface area contributed by atoms with Gasteiger partial charge in [0.25, 0.3) is 0 Å². The molecule has 0 amide bonds. The molecule has 14 heavy (non-hydrogen) atoms. The maximum atomic E-state index is 8.58. The fourth-order valence-electron chi connectivity index (χ4n) is 1.03. The van der Waals surface area contributed by atoms with Gasteiger partial charge in [-0.1, -0.05) is 5.16 Å². The number of aliphatic hydroxyl groups excluding tert-OH is 1. The van der Waals surface area contributed by atoms with Crippen molar-refractivity contribution in [1.29, 1.82) is 0 Å². The van der Waals surface area contributed by atoms with Gasteiger partial charge in [-0.2, -0.15) is 4.98 Å². The second-order valence-electron chi connectivity index (χ2n) is 2.92. The lowest BCUT2D eigenvalue weighted by Gasteiger charge is -1.92. The van der Waals surface area contributed by atoms with Crippen LogP contribution in [0.15, 0.2) is 4.52 Å². The van der Waals surface area contributed by atoms with Crippen molar-refractivity contribution >= 4 is 0 Å². The van der Waals surface area contributed by atoms with Gasteiger partial charge in [-0.15, -0.1) is 0 Å². The standard InChI is InChI=1S/C9H16N2O3/c1-2-13-7-8-10-9(14-11-8)5-3-4-6-12/h12H,2-7H2,1H3. The maximum absolute atomic E-state index is 8.58. The molecule has 80 valence electrons. The van der Waals surface area contributed by atoms with E-state index in [1.807, 2.05) is 6.92 Å². The van der Waals surface area contributed by atoms with Crippen molar-refractivity contribution in [2.75, 3.05) is 13.2 Å². The molecule has 1 rings (SSSR count). The molecule has 0 unspecified atom stereocenters. The van der Waals surface area contributed by atoms with E-state index >= 15 is 0 Å². The van der Waals surface area contributed by atoms with Crippen LogP contribution in [0.5, 0.6) is 0 Å². The molecule has 0 bridgehead atoms. The lowest BCUT2D eigenvalue weighted by Crippen LogP contribution is -1.94. The van der Waals surface area contributed by atoms with E-state index in [4.69, 9.17) is 14.4 Å². The monoisotopic (exact) mass is 200 g/mol. The summed E-state index contributed by atoms with van der Waals surface area (Å²) in [4.78, 5) is 4.14. The molecule has 1 heterocycles.